The molecule has 2 unspecified atom stereocenters. The molecule has 1 saturated carbocycles. The van der Waals surface area contributed by atoms with Crippen molar-refractivity contribution in [1.82, 2.24) is 15.3 Å². The topological polar surface area (TPSA) is 75.1 Å². The van der Waals surface area contributed by atoms with Crippen molar-refractivity contribution >= 4 is 5.91 Å². The Bertz CT molecular complexity index is 369. The maximum absolute atomic E-state index is 11.8. The Morgan fingerprint density at radius 3 is 3.06 bits per heavy atom. The van der Waals surface area contributed by atoms with Gasteiger partial charge in [0.15, 0.2) is 0 Å². The number of nitrogens with zero attached hydrogens (tertiary/aromatic N) is 2. The van der Waals surface area contributed by atoms with Gasteiger partial charge in [-0.3, -0.25) is 9.78 Å². The summed E-state index contributed by atoms with van der Waals surface area (Å²) in [5.74, 6) is 0.137. The van der Waals surface area contributed by atoms with Crippen molar-refractivity contribution in [3.8, 4) is 0 Å². The third kappa shape index (κ3) is 3.23. The lowest BCUT2D eigenvalue weighted by molar-refractivity contribution is 0.0900. The molecule has 1 aromatic heterocycles. The molecule has 5 heteroatoms. The van der Waals surface area contributed by atoms with Gasteiger partial charge in [0.2, 0.25) is 0 Å². The van der Waals surface area contributed by atoms with E-state index in [9.17, 15) is 4.79 Å². The third-order valence-electron chi connectivity index (χ3n) is 3.17. The molecule has 1 aliphatic rings. The summed E-state index contributed by atoms with van der Waals surface area (Å²) in [6, 6.07) is 0.149. The van der Waals surface area contributed by atoms with E-state index < -0.39 is 0 Å². The zero-order valence-corrected chi connectivity index (χ0v) is 9.67. The van der Waals surface area contributed by atoms with Crippen molar-refractivity contribution in [1.29, 1.82) is 0 Å². The van der Waals surface area contributed by atoms with Gasteiger partial charge in [-0.1, -0.05) is 6.42 Å². The number of carbonyl (C=O) groups is 1. The van der Waals surface area contributed by atoms with E-state index >= 15 is 0 Å². The fourth-order valence-corrected chi connectivity index (χ4v) is 2.26. The second kappa shape index (κ2) is 5.72. The van der Waals surface area contributed by atoms with Crippen molar-refractivity contribution in [2.24, 2.45) is 5.92 Å². The Hall–Kier alpha value is -1.49. The maximum Gasteiger partial charge on any atom is 0.271 e. The monoisotopic (exact) mass is 235 g/mol. The zero-order chi connectivity index (χ0) is 12.1. The highest BCUT2D eigenvalue weighted by Crippen LogP contribution is 2.23. The van der Waals surface area contributed by atoms with Crippen LogP contribution in [0.1, 0.15) is 36.2 Å². The number of hydrogen-bond donors (Lipinski definition) is 2. The Kier molecular flexibility index (Phi) is 4.03. The summed E-state index contributed by atoms with van der Waals surface area (Å²) >= 11 is 0. The predicted molar refractivity (Wildman–Crippen MR) is 62.3 cm³/mol. The van der Waals surface area contributed by atoms with Gasteiger partial charge in [0, 0.05) is 25.0 Å². The first-order valence-corrected chi connectivity index (χ1v) is 5.97. The second-order valence-corrected chi connectivity index (χ2v) is 4.48. The standard InChI is InChI=1S/C12H17N3O2/c16-8-9-2-1-3-10(6-9)15-12(17)11-7-13-4-5-14-11/h4-5,7,9-10,16H,1-3,6,8H2,(H,15,17). The van der Waals surface area contributed by atoms with E-state index in [0.29, 0.717) is 11.6 Å². The zero-order valence-electron chi connectivity index (χ0n) is 9.67. The molecular weight excluding hydrogens is 218 g/mol. The van der Waals surface area contributed by atoms with Crippen molar-refractivity contribution < 1.29 is 9.90 Å². The summed E-state index contributed by atoms with van der Waals surface area (Å²) in [7, 11) is 0. The molecule has 1 amide bonds. The maximum atomic E-state index is 11.8. The summed E-state index contributed by atoms with van der Waals surface area (Å²) in [5, 5.41) is 12.1. The molecule has 1 heterocycles. The van der Waals surface area contributed by atoms with Crippen LogP contribution in [0, 0.1) is 5.92 Å². The minimum atomic E-state index is -0.179. The van der Waals surface area contributed by atoms with Gasteiger partial charge in [-0.05, 0) is 25.2 Å². The van der Waals surface area contributed by atoms with Crippen molar-refractivity contribution in [2.75, 3.05) is 6.61 Å². The van der Waals surface area contributed by atoms with Gasteiger partial charge in [-0.25, -0.2) is 4.98 Å². The number of amides is 1. The van der Waals surface area contributed by atoms with Gasteiger partial charge in [0.05, 0.1) is 6.20 Å². The normalized spacial score (nSPS) is 24.3. The lowest BCUT2D eigenvalue weighted by Gasteiger charge is -2.28. The summed E-state index contributed by atoms with van der Waals surface area (Å²) in [6.45, 7) is 0.206. The average Bonchev–Trinajstić information content (AvgIpc) is 2.40. The summed E-state index contributed by atoms with van der Waals surface area (Å²) in [4.78, 5) is 19.7. The smallest absolute Gasteiger partial charge is 0.271 e. The van der Waals surface area contributed by atoms with Crippen LogP contribution in [0.25, 0.3) is 0 Å². The number of hydrogen-bond acceptors (Lipinski definition) is 4. The Morgan fingerprint density at radius 2 is 2.35 bits per heavy atom. The van der Waals surface area contributed by atoms with Crippen LogP contribution in [0.15, 0.2) is 18.6 Å². The first-order valence-electron chi connectivity index (χ1n) is 5.97. The molecule has 0 saturated heterocycles. The highest BCUT2D eigenvalue weighted by molar-refractivity contribution is 5.92. The quantitative estimate of drug-likeness (QED) is 0.811. The van der Waals surface area contributed by atoms with E-state index in [1.54, 1.807) is 6.20 Å². The van der Waals surface area contributed by atoms with Crippen LogP contribution < -0.4 is 5.32 Å². The van der Waals surface area contributed by atoms with Crippen LogP contribution in [-0.4, -0.2) is 33.6 Å². The molecule has 0 radical (unpaired) electrons. The minimum absolute atomic E-state index is 0.149. The fraction of sp³-hybridized carbons (Fsp3) is 0.583. The molecule has 2 rings (SSSR count). The molecule has 1 aliphatic carbocycles. The van der Waals surface area contributed by atoms with Gasteiger partial charge >= 0.3 is 0 Å². The third-order valence-corrected chi connectivity index (χ3v) is 3.17. The van der Waals surface area contributed by atoms with E-state index in [0.717, 1.165) is 25.7 Å². The van der Waals surface area contributed by atoms with Crippen LogP contribution >= 0.6 is 0 Å². The molecule has 0 aliphatic heterocycles. The van der Waals surface area contributed by atoms with Crippen molar-refractivity contribution in [3.63, 3.8) is 0 Å². The number of aliphatic hydroxyl groups is 1. The van der Waals surface area contributed by atoms with Crippen LogP contribution in [0.5, 0.6) is 0 Å². The van der Waals surface area contributed by atoms with Crippen molar-refractivity contribution in [2.45, 2.75) is 31.7 Å². The molecule has 1 fully saturated rings. The van der Waals surface area contributed by atoms with Gasteiger partial charge < -0.3 is 10.4 Å². The van der Waals surface area contributed by atoms with Crippen LogP contribution in [-0.2, 0) is 0 Å². The van der Waals surface area contributed by atoms with Gasteiger partial charge in [0.1, 0.15) is 5.69 Å². The highest BCUT2D eigenvalue weighted by atomic mass is 16.3. The van der Waals surface area contributed by atoms with Gasteiger partial charge in [-0.2, -0.15) is 0 Å². The van der Waals surface area contributed by atoms with E-state index in [-0.39, 0.29) is 18.6 Å². The Morgan fingerprint density at radius 1 is 1.47 bits per heavy atom. The van der Waals surface area contributed by atoms with Crippen LogP contribution in [0.2, 0.25) is 0 Å². The molecule has 0 spiro atoms. The molecule has 2 N–H and O–H groups in total. The molecule has 92 valence electrons. The lowest BCUT2D eigenvalue weighted by Crippen LogP contribution is -2.39. The first-order chi connectivity index (χ1) is 8.29. The Labute approximate surface area is 100 Å². The number of nitrogens with one attached hydrogen (secondary N) is 1. The van der Waals surface area contributed by atoms with E-state index in [2.05, 4.69) is 15.3 Å². The SMILES string of the molecule is O=C(NC1CCCC(CO)C1)c1cnccn1. The average molecular weight is 235 g/mol. The Balaban J connectivity index is 1.90. The van der Waals surface area contributed by atoms with Crippen LogP contribution in [0.3, 0.4) is 0 Å². The molecule has 0 aromatic carbocycles. The van der Waals surface area contributed by atoms with Crippen molar-refractivity contribution in [3.05, 3.63) is 24.3 Å². The van der Waals surface area contributed by atoms with E-state index in [4.69, 9.17) is 5.11 Å². The summed E-state index contributed by atoms with van der Waals surface area (Å²) in [5.41, 5.74) is 0.346. The number of aromatic nitrogens is 2. The largest absolute Gasteiger partial charge is 0.396 e. The fourth-order valence-electron chi connectivity index (χ4n) is 2.26. The second-order valence-electron chi connectivity index (χ2n) is 4.48. The van der Waals surface area contributed by atoms with E-state index in [1.165, 1.54) is 12.4 Å². The summed E-state index contributed by atoms with van der Waals surface area (Å²) in [6.07, 6.45) is 8.43. The van der Waals surface area contributed by atoms with Gasteiger partial charge in [-0.15, -0.1) is 0 Å². The molecule has 2 atom stereocenters. The van der Waals surface area contributed by atoms with Crippen LogP contribution in [0.4, 0.5) is 0 Å². The number of aliphatic hydroxyl groups excluding tert-OH is 1. The molecule has 0 bridgehead atoms. The van der Waals surface area contributed by atoms with Gasteiger partial charge in [0.25, 0.3) is 5.91 Å². The van der Waals surface area contributed by atoms with E-state index in [1.807, 2.05) is 0 Å². The molecule has 17 heavy (non-hydrogen) atoms. The predicted octanol–water partition coefficient (Wildman–Crippen LogP) is 0.757. The number of carbonyl (C=O) groups excluding carboxylic acids is 1. The molecule has 5 nitrogen and oxygen atoms in total. The number of rotatable bonds is 3. The summed E-state index contributed by atoms with van der Waals surface area (Å²) < 4.78 is 0. The first kappa shape index (κ1) is 12.0. The molecular formula is C12H17N3O2. The minimum Gasteiger partial charge on any atom is -0.396 e. The lowest BCUT2D eigenvalue weighted by atomic mass is 9.86. The molecule has 1 aromatic rings. The highest BCUT2D eigenvalue weighted by Gasteiger charge is 2.23.